The number of nitrogens with zero attached hydrogens (tertiary/aromatic N) is 1. The Bertz CT molecular complexity index is 1790. The zero-order valence-corrected chi connectivity index (χ0v) is 27.6. The van der Waals surface area contributed by atoms with E-state index in [9.17, 15) is 28.8 Å². The van der Waals surface area contributed by atoms with Gasteiger partial charge in [0, 0.05) is 51.0 Å². The maximum Gasteiger partial charge on any atom is 0.330 e. The molecule has 1 saturated heterocycles. The summed E-state index contributed by atoms with van der Waals surface area (Å²) in [6, 6.07) is 11.7. The number of nitrogens with one attached hydrogen (secondary N) is 3. The highest BCUT2D eigenvalue weighted by molar-refractivity contribution is 5.92. The molecule has 1 aromatic heterocycles. The lowest BCUT2D eigenvalue weighted by Gasteiger charge is -2.17. The van der Waals surface area contributed by atoms with Crippen molar-refractivity contribution in [3.05, 3.63) is 80.6 Å². The predicted molar refractivity (Wildman–Crippen MR) is 179 cm³/mol. The molecular weight excluding hydrogens is 620 g/mol. The maximum atomic E-state index is 12.9. The number of methoxy groups -OCH3 is 1. The Morgan fingerprint density at radius 3 is 2.56 bits per heavy atom. The summed E-state index contributed by atoms with van der Waals surface area (Å²) in [5, 5.41) is 7.19. The van der Waals surface area contributed by atoms with Gasteiger partial charge in [0.25, 0.3) is 5.56 Å². The van der Waals surface area contributed by atoms with Gasteiger partial charge < -0.3 is 24.8 Å². The van der Waals surface area contributed by atoms with Crippen LogP contribution in [0.1, 0.15) is 75.6 Å². The summed E-state index contributed by atoms with van der Waals surface area (Å²) in [5.74, 6) is -0.787. The van der Waals surface area contributed by atoms with Crippen LogP contribution in [0.2, 0.25) is 0 Å². The van der Waals surface area contributed by atoms with E-state index in [4.69, 9.17) is 14.2 Å². The number of amides is 2. The number of carbonyl (C=O) groups excluding carboxylic acids is 4. The first-order valence-electron chi connectivity index (χ1n) is 16.0. The lowest BCUT2D eigenvalue weighted by atomic mass is 9.92. The number of carbonyl (C=O) groups is 4. The van der Waals surface area contributed by atoms with E-state index in [2.05, 4.69) is 15.6 Å². The van der Waals surface area contributed by atoms with Gasteiger partial charge in [-0.2, -0.15) is 0 Å². The van der Waals surface area contributed by atoms with Crippen LogP contribution >= 0.6 is 0 Å². The average Bonchev–Trinajstić information content (AvgIpc) is 3.49. The fraction of sp³-hybridized carbons (Fsp3) is 0.429. The Morgan fingerprint density at radius 2 is 1.83 bits per heavy atom. The number of esters is 1. The van der Waals surface area contributed by atoms with E-state index in [0.717, 1.165) is 22.1 Å². The van der Waals surface area contributed by atoms with Crippen LogP contribution in [-0.2, 0) is 28.7 Å². The van der Waals surface area contributed by atoms with Crippen molar-refractivity contribution in [2.45, 2.75) is 76.7 Å². The normalized spacial score (nSPS) is 18.0. The number of Topliss-reactive ketones (excluding diaryl/α,β-unsaturated/α-hetero) is 1. The first-order valence-corrected chi connectivity index (χ1v) is 16.0. The third-order valence-corrected chi connectivity index (χ3v) is 8.37. The molecule has 3 N–H and O–H groups in total. The minimum atomic E-state index is -0.824. The molecule has 0 saturated carbocycles. The molecule has 2 amide bonds. The minimum Gasteiger partial charge on any atom is -0.497 e. The third kappa shape index (κ3) is 9.28. The highest BCUT2D eigenvalue weighted by Gasteiger charge is 2.38. The average molecular weight is 663 g/mol. The van der Waals surface area contributed by atoms with E-state index in [-0.39, 0.29) is 55.4 Å². The van der Waals surface area contributed by atoms with Crippen LogP contribution in [0.5, 0.6) is 5.75 Å². The smallest absolute Gasteiger partial charge is 0.330 e. The van der Waals surface area contributed by atoms with Crippen molar-refractivity contribution in [3.8, 4) is 5.75 Å². The van der Waals surface area contributed by atoms with Crippen LogP contribution in [0, 0.1) is 0 Å². The van der Waals surface area contributed by atoms with E-state index in [1.807, 2.05) is 50.2 Å². The molecule has 48 heavy (non-hydrogen) atoms. The number of fused-ring (bicyclic) bond motifs is 1. The number of benzene rings is 2. The number of hydrogen-bond acceptors (Lipinski definition) is 9. The molecule has 0 aliphatic carbocycles. The summed E-state index contributed by atoms with van der Waals surface area (Å²) < 4.78 is 18.0. The van der Waals surface area contributed by atoms with Gasteiger partial charge in [-0.1, -0.05) is 38.1 Å². The van der Waals surface area contributed by atoms with Crippen LogP contribution in [0.3, 0.4) is 0 Å². The zero-order valence-electron chi connectivity index (χ0n) is 27.6. The Balaban J connectivity index is 1.28. The van der Waals surface area contributed by atoms with E-state index in [0.29, 0.717) is 12.8 Å². The van der Waals surface area contributed by atoms with E-state index in [1.54, 1.807) is 7.11 Å². The molecule has 2 heterocycles. The highest BCUT2D eigenvalue weighted by Crippen LogP contribution is 2.32. The summed E-state index contributed by atoms with van der Waals surface area (Å²) in [6.07, 6.45) is 3.07. The lowest BCUT2D eigenvalue weighted by molar-refractivity contribution is -0.153. The third-order valence-electron chi connectivity index (χ3n) is 8.37. The molecule has 1 aliphatic rings. The first kappa shape index (κ1) is 35.8. The molecule has 0 spiro atoms. The fourth-order valence-electron chi connectivity index (χ4n) is 5.50. The maximum absolute atomic E-state index is 12.9. The van der Waals surface area contributed by atoms with Crippen molar-refractivity contribution in [1.29, 1.82) is 0 Å². The molecule has 0 radical (unpaired) electrons. The molecule has 13 heteroatoms. The van der Waals surface area contributed by atoms with Crippen molar-refractivity contribution >= 4 is 40.4 Å². The van der Waals surface area contributed by atoms with E-state index < -0.39 is 41.6 Å². The molecule has 1 aliphatic heterocycles. The topological polar surface area (TPSA) is 175 Å². The molecule has 256 valence electrons. The molecule has 2 aromatic carbocycles. The molecule has 4 rings (SSSR count). The number of ether oxygens (including phenoxy) is 3. The van der Waals surface area contributed by atoms with Crippen LogP contribution in [0.25, 0.3) is 16.8 Å². The standard InChI is InChI=1S/C35H42N4O9/c1-5-28-29(48-33(43)15-14-30(41)36-3)19-32(47-28)39-20-25(34(44)38-35(39)45)11-13-31(42)37-16-6-7-27(40)21(2)22-8-9-24-18-26(46-4)12-10-23(24)17-22/h8-13,17-18,20-21,28-29,32H,5-7,14-16,19H2,1-4H3,(H,36,41)(H,37,42)(H,38,44,45)/b13-11+/t21?,28-,29+,32-/m1/s1. The van der Waals surface area contributed by atoms with Crippen molar-refractivity contribution in [1.82, 2.24) is 20.2 Å². The Morgan fingerprint density at radius 1 is 1.08 bits per heavy atom. The van der Waals surface area contributed by atoms with Crippen molar-refractivity contribution in [3.63, 3.8) is 0 Å². The fourth-order valence-corrected chi connectivity index (χ4v) is 5.50. The molecule has 1 fully saturated rings. The van der Waals surface area contributed by atoms with Gasteiger partial charge in [0.15, 0.2) is 0 Å². The highest BCUT2D eigenvalue weighted by atomic mass is 16.6. The second-order valence-corrected chi connectivity index (χ2v) is 11.6. The van der Waals surface area contributed by atoms with Crippen LogP contribution in [-0.4, -0.2) is 66.0 Å². The number of aromatic nitrogens is 2. The lowest BCUT2D eigenvalue weighted by Crippen LogP contribution is -2.33. The van der Waals surface area contributed by atoms with Gasteiger partial charge in [0.05, 0.1) is 25.2 Å². The Labute approximate surface area is 277 Å². The predicted octanol–water partition coefficient (Wildman–Crippen LogP) is 3.12. The van der Waals surface area contributed by atoms with Crippen LogP contribution in [0.15, 0.2) is 58.3 Å². The van der Waals surface area contributed by atoms with Gasteiger partial charge >= 0.3 is 11.7 Å². The minimum absolute atomic E-state index is 0.00788. The molecule has 4 atom stereocenters. The van der Waals surface area contributed by atoms with Crippen molar-refractivity contribution in [2.75, 3.05) is 20.7 Å². The number of aromatic amines is 1. The Hall–Kier alpha value is -5.04. The molecule has 0 bridgehead atoms. The number of hydrogen-bond donors (Lipinski definition) is 3. The molecule has 1 unspecified atom stereocenters. The van der Waals surface area contributed by atoms with E-state index >= 15 is 0 Å². The van der Waals surface area contributed by atoms with E-state index in [1.165, 1.54) is 30.0 Å². The summed E-state index contributed by atoms with van der Waals surface area (Å²) in [7, 11) is 3.10. The quantitative estimate of drug-likeness (QED) is 0.125. The monoisotopic (exact) mass is 662 g/mol. The Kier molecular flexibility index (Phi) is 12.4. The number of rotatable bonds is 15. The summed E-state index contributed by atoms with van der Waals surface area (Å²) in [4.78, 5) is 76.4. The molecule has 13 nitrogen and oxygen atoms in total. The van der Waals surface area contributed by atoms with Gasteiger partial charge in [-0.25, -0.2) is 4.79 Å². The number of H-pyrrole nitrogens is 1. The largest absolute Gasteiger partial charge is 0.497 e. The zero-order chi connectivity index (χ0) is 34.8. The summed E-state index contributed by atoms with van der Waals surface area (Å²) in [5.41, 5.74) is -0.435. The van der Waals surface area contributed by atoms with Gasteiger partial charge in [-0.15, -0.1) is 0 Å². The number of ketones is 1. The van der Waals surface area contributed by atoms with Gasteiger partial charge in [-0.05, 0) is 47.4 Å². The van der Waals surface area contributed by atoms with Gasteiger partial charge in [0.2, 0.25) is 11.8 Å². The second-order valence-electron chi connectivity index (χ2n) is 11.6. The van der Waals surface area contributed by atoms with Crippen molar-refractivity contribution < 1.29 is 33.4 Å². The first-order chi connectivity index (χ1) is 23.0. The second kappa shape index (κ2) is 16.7. The van der Waals surface area contributed by atoms with Gasteiger partial charge in [0.1, 0.15) is 23.9 Å². The summed E-state index contributed by atoms with van der Waals surface area (Å²) in [6.45, 7) is 3.97. The SMILES string of the molecule is CC[C@H]1O[C@@H](n2cc(/C=C/C(=O)NCCCC(=O)C(C)c3ccc4cc(OC)ccc4c3)c(=O)[nH]c2=O)C[C@@H]1OC(=O)CCC(=O)NC. The van der Waals surface area contributed by atoms with Crippen molar-refractivity contribution in [2.24, 2.45) is 0 Å². The molecule has 3 aromatic rings. The van der Waals surface area contributed by atoms with Gasteiger partial charge in [-0.3, -0.25) is 33.5 Å². The summed E-state index contributed by atoms with van der Waals surface area (Å²) >= 11 is 0. The molecular formula is C35H42N4O9. The van der Waals surface area contributed by atoms with Crippen LogP contribution in [0.4, 0.5) is 0 Å². The van der Waals surface area contributed by atoms with Crippen LogP contribution < -0.4 is 26.6 Å².